The van der Waals surface area contributed by atoms with Crippen LogP contribution in [0.2, 0.25) is 0 Å². The number of carbonyl (C=O) groups excluding carboxylic acids is 1. The van der Waals surface area contributed by atoms with Crippen LogP contribution in [-0.4, -0.2) is 48.1 Å². The van der Waals surface area contributed by atoms with Gasteiger partial charge in [-0.2, -0.15) is 0 Å². The smallest absolute Gasteiger partial charge is 0.305 e. The predicted molar refractivity (Wildman–Crippen MR) is 62.3 cm³/mol. The van der Waals surface area contributed by atoms with Gasteiger partial charge >= 0.3 is 5.97 Å². The van der Waals surface area contributed by atoms with Crippen LogP contribution >= 0.6 is 0 Å². The molecule has 0 aromatic rings. The number of carboxylic acid groups (broad SMARTS) is 1. The summed E-state index contributed by atoms with van der Waals surface area (Å²) >= 11 is 0. The third-order valence-electron chi connectivity index (χ3n) is 2.21. The molecule has 2 N–H and O–H groups in total. The highest BCUT2D eigenvalue weighted by molar-refractivity contribution is 5.76. The van der Waals surface area contributed by atoms with E-state index in [1.165, 1.54) is 4.90 Å². The molecule has 94 valence electrons. The maximum Gasteiger partial charge on any atom is 0.305 e. The van der Waals surface area contributed by atoms with Crippen LogP contribution in [0.1, 0.15) is 33.1 Å². The van der Waals surface area contributed by atoms with Crippen molar-refractivity contribution in [1.82, 2.24) is 10.2 Å². The highest BCUT2D eigenvalue weighted by atomic mass is 16.4. The minimum Gasteiger partial charge on any atom is -0.481 e. The standard InChI is InChI=1S/C11H22N2O3/c1-9(2)12-7-4-5-10(14)13(3)8-6-11(15)16/h9,12H,4-8H2,1-3H3,(H,15,16). The molecule has 5 heteroatoms. The molecule has 1 amide bonds. The fourth-order valence-corrected chi connectivity index (χ4v) is 1.21. The van der Waals surface area contributed by atoms with Crippen LogP contribution in [0.5, 0.6) is 0 Å². The molecule has 0 radical (unpaired) electrons. The van der Waals surface area contributed by atoms with E-state index in [1.54, 1.807) is 7.05 Å². The summed E-state index contributed by atoms with van der Waals surface area (Å²) in [6.07, 6.45) is 1.26. The number of aliphatic carboxylic acids is 1. The summed E-state index contributed by atoms with van der Waals surface area (Å²) in [4.78, 5) is 23.3. The summed E-state index contributed by atoms with van der Waals surface area (Å²) in [6.45, 7) is 5.21. The van der Waals surface area contributed by atoms with Gasteiger partial charge in [-0.05, 0) is 13.0 Å². The second-order valence-corrected chi connectivity index (χ2v) is 4.17. The van der Waals surface area contributed by atoms with E-state index in [4.69, 9.17) is 5.11 Å². The monoisotopic (exact) mass is 230 g/mol. The lowest BCUT2D eigenvalue weighted by molar-refractivity contribution is -0.138. The lowest BCUT2D eigenvalue weighted by Crippen LogP contribution is -2.30. The van der Waals surface area contributed by atoms with E-state index in [0.717, 1.165) is 13.0 Å². The first-order valence-electron chi connectivity index (χ1n) is 5.62. The molecular formula is C11H22N2O3. The fourth-order valence-electron chi connectivity index (χ4n) is 1.21. The molecule has 0 aliphatic carbocycles. The van der Waals surface area contributed by atoms with Crippen LogP contribution in [-0.2, 0) is 9.59 Å². The first-order valence-corrected chi connectivity index (χ1v) is 5.62. The molecule has 16 heavy (non-hydrogen) atoms. The number of nitrogens with one attached hydrogen (secondary N) is 1. The van der Waals surface area contributed by atoms with Crippen molar-refractivity contribution in [2.24, 2.45) is 0 Å². The second kappa shape index (κ2) is 8.10. The first-order chi connectivity index (χ1) is 7.43. The van der Waals surface area contributed by atoms with Crippen LogP contribution in [0.3, 0.4) is 0 Å². The van der Waals surface area contributed by atoms with Gasteiger partial charge in [-0.25, -0.2) is 0 Å². The summed E-state index contributed by atoms with van der Waals surface area (Å²) < 4.78 is 0. The Hall–Kier alpha value is -1.10. The molecular weight excluding hydrogens is 208 g/mol. The Balaban J connectivity index is 3.59. The Morgan fingerprint density at radius 3 is 2.44 bits per heavy atom. The largest absolute Gasteiger partial charge is 0.481 e. The SMILES string of the molecule is CC(C)NCCCC(=O)N(C)CCC(=O)O. The van der Waals surface area contributed by atoms with Crippen LogP contribution in [0.15, 0.2) is 0 Å². The summed E-state index contributed by atoms with van der Waals surface area (Å²) in [6, 6.07) is 0.430. The number of hydrogen-bond donors (Lipinski definition) is 2. The average Bonchev–Trinajstić information content (AvgIpc) is 2.20. The number of amides is 1. The highest BCUT2D eigenvalue weighted by Crippen LogP contribution is 1.96. The zero-order valence-corrected chi connectivity index (χ0v) is 10.3. The normalized spacial score (nSPS) is 10.5. The number of nitrogens with zero attached hydrogens (tertiary/aromatic N) is 1. The second-order valence-electron chi connectivity index (χ2n) is 4.17. The van der Waals surface area contributed by atoms with E-state index in [2.05, 4.69) is 19.2 Å². The van der Waals surface area contributed by atoms with Gasteiger partial charge in [-0.3, -0.25) is 9.59 Å². The van der Waals surface area contributed by atoms with Crippen molar-refractivity contribution < 1.29 is 14.7 Å². The van der Waals surface area contributed by atoms with Crippen molar-refractivity contribution in [2.45, 2.75) is 39.2 Å². The Morgan fingerprint density at radius 1 is 1.31 bits per heavy atom. The molecule has 0 bridgehead atoms. The number of carboxylic acids is 1. The van der Waals surface area contributed by atoms with E-state index in [1.807, 2.05) is 0 Å². The summed E-state index contributed by atoms with van der Waals surface area (Å²) in [5.74, 6) is -0.868. The highest BCUT2D eigenvalue weighted by Gasteiger charge is 2.09. The van der Waals surface area contributed by atoms with Gasteiger partial charge in [0.05, 0.1) is 6.42 Å². The van der Waals surface area contributed by atoms with Gasteiger partial charge in [0.15, 0.2) is 0 Å². The van der Waals surface area contributed by atoms with Gasteiger partial charge in [-0.15, -0.1) is 0 Å². The Bertz CT molecular complexity index is 229. The van der Waals surface area contributed by atoms with Crippen LogP contribution < -0.4 is 5.32 Å². The van der Waals surface area contributed by atoms with Crippen molar-refractivity contribution in [3.63, 3.8) is 0 Å². The van der Waals surface area contributed by atoms with Crippen molar-refractivity contribution in [3.8, 4) is 0 Å². The van der Waals surface area contributed by atoms with E-state index in [-0.39, 0.29) is 18.9 Å². The molecule has 0 aromatic carbocycles. The van der Waals surface area contributed by atoms with Gasteiger partial charge in [0.25, 0.3) is 0 Å². The minimum absolute atomic E-state index is 0.00630. The molecule has 0 unspecified atom stereocenters. The summed E-state index contributed by atoms with van der Waals surface area (Å²) in [7, 11) is 1.64. The zero-order chi connectivity index (χ0) is 12.6. The van der Waals surface area contributed by atoms with E-state index < -0.39 is 5.97 Å². The van der Waals surface area contributed by atoms with E-state index >= 15 is 0 Å². The Labute approximate surface area is 96.8 Å². The number of carbonyl (C=O) groups is 2. The molecule has 5 nitrogen and oxygen atoms in total. The van der Waals surface area contributed by atoms with E-state index in [0.29, 0.717) is 12.5 Å². The molecule has 0 aliphatic rings. The average molecular weight is 230 g/mol. The maximum atomic E-state index is 11.5. The fraction of sp³-hybridized carbons (Fsp3) is 0.818. The summed E-state index contributed by atoms with van der Waals surface area (Å²) in [5, 5.41) is 11.7. The lowest BCUT2D eigenvalue weighted by atomic mass is 10.2. The molecule has 0 saturated heterocycles. The maximum absolute atomic E-state index is 11.5. The minimum atomic E-state index is -0.874. The van der Waals surface area contributed by atoms with Crippen LogP contribution in [0.4, 0.5) is 0 Å². The molecule has 0 heterocycles. The molecule has 0 spiro atoms. The van der Waals surface area contributed by atoms with Crippen LogP contribution in [0, 0.1) is 0 Å². The van der Waals surface area contributed by atoms with Gasteiger partial charge in [0.2, 0.25) is 5.91 Å². The van der Waals surface area contributed by atoms with Gasteiger partial charge in [0.1, 0.15) is 0 Å². The third kappa shape index (κ3) is 8.23. The lowest BCUT2D eigenvalue weighted by Gasteiger charge is -2.16. The number of rotatable bonds is 8. The van der Waals surface area contributed by atoms with Gasteiger partial charge in [-0.1, -0.05) is 13.8 Å². The Morgan fingerprint density at radius 2 is 1.94 bits per heavy atom. The quantitative estimate of drug-likeness (QED) is 0.602. The molecule has 0 saturated carbocycles. The van der Waals surface area contributed by atoms with Crippen molar-refractivity contribution in [1.29, 1.82) is 0 Å². The first kappa shape index (κ1) is 14.9. The molecule has 0 fully saturated rings. The molecule has 0 atom stereocenters. The zero-order valence-electron chi connectivity index (χ0n) is 10.3. The predicted octanol–water partition coefficient (Wildman–Crippen LogP) is 0.698. The number of hydrogen-bond acceptors (Lipinski definition) is 3. The van der Waals surface area contributed by atoms with Crippen molar-refractivity contribution in [3.05, 3.63) is 0 Å². The van der Waals surface area contributed by atoms with Crippen molar-refractivity contribution >= 4 is 11.9 Å². The molecule has 0 rings (SSSR count). The van der Waals surface area contributed by atoms with Gasteiger partial charge in [0, 0.05) is 26.1 Å². The van der Waals surface area contributed by atoms with Crippen molar-refractivity contribution in [2.75, 3.05) is 20.1 Å². The van der Waals surface area contributed by atoms with Gasteiger partial charge < -0.3 is 15.3 Å². The molecule has 0 aromatic heterocycles. The molecule has 0 aliphatic heterocycles. The summed E-state index contributed by atoms with van der Waals surface area (Å²) in [5.41, 5.74) is 0. The van der Waals surface area contributed by atoms with Crippen LogP contribution in [0.25, 0.3) is 0 Å². The Kier molecular flexibility index (Phi) is 7.54. The van der Waals surface area contributed by atoms with E-state index in [9.17, 15) is 9.59 Å². The third-order valence-corrected chi connectivity index (χ3v) is 2.21. The topological polar surface area (TPSA) is 69.6 Å².